The van der Waals surface area contributed by atoms with Crippen LogP contribution in [0.5, 0.6) is 5.75 Å². The molecule has 0 N–H and O–H groups in total. The van der Waals surface area contributed by atoms with Gasteiger partial charge in [-0.2, -0.15) is 0 Å². The smallest absolute Gasteiger partial charge is 0.411 e. The Balaban J connectivity index is 2.05. The molecule has 1 aliphatic rings. The minimum Gasteiger partial charge on any atom is -0.421 e. The summed E-state index contributed by atoms with van der Waals surface area (Å²) in [6.45, 7) is 12.8. The van der Waals surface area contributed by atoms with Crippen LogP contribution < -0.4 is 9.83 Å². The second-order valence-electron chi connectivity index (χ2n) is 9.12. The Bertz CT molecular complexity index is 852. The Morgan fingerprint density at radius 1 is 1.00 bits per heavy atom. The Hall–Kier alpha value is -1.57. The highest BCUT2D eigenvalue weighted by molar-refractivity contribution is 7.62. The first-order chi connectivity index (χ1) is 13.7. The van der Waals surface area contributed by atoms with E-state index in [-0.39, 0.29) is 6.10 Å². The fourth-order valence-electron chi connectivity index (χ4n) is 4.76. The molecule has 0 aliphatic heterocycles. The summed E-state index contributed by atoms with van der Waals surface area (Å²) in [7, 11) is -3.56. The van der Waals surface area contributed by atoms with Gasteiger partial charge in [-0.05, 0) is 74.6 Å². The normalized spacial score (nSPS) is 24.3. The van der Waals surface area contributed by atoms with Crippen LogP contribution in [-0.4, -0.2) is 6.10 Å². The maximum atomic E-state index is 14.4. The van der Waals surface area contributed by atoms with E-state index in [0.717, 1.165) is 29.5 Å². The van der Waals surface area contributed by atoms with Gasteiger partial charge in [-0.1, -0.05) is 63.1 Å². The molecule has 2 aromatic rings. The van der Waals surface area contributed by atoms with Gasteiger partial charge in [0.25, 0.3) is 0 Å². The molecule has 1 saturated carbocycles. The van der Waals surface area contributed by atoms with Crippen molar-refractivity contribution in [3.8, 4) is 5.75 Å². The fraction of sp³-hybridized carbons (Fsp3) is 0.520. The Morgan fingerprint density at radius 3 is 2.21 bits per heavy atom. The molecule has 1 fully saturated rings. The van der Waals surface area contributed by atoms with Gasteiger partial charge in [-0.15, -0.1) is 0 Å². The summed E-state index contributed by atoms with van der Waals surface area (Å²) in [6, 6.07) is 13.5. The maximum Gasteiger partial charge on any atom is 0.411 e. The number of hydrogen-bond acceptors (Lipinski definition) is 3. The Labute approximate surface area is 176 Å². The second-order valence-corrected chi connectivity index (χ2v) is 11.0. The van der Waals surface area contributed by atoms with Crippen molar-refractivity contribution in [3.05, 3.63) is 59.2 Å². The number of hydrogen-bond donors (Lipinski definition) is 0. The summed E-state index contributed by atoms with van der Waals surface area (Å²) in [6.07, 6.45) is 3.18. The fourth-order valence-corrected chi connectivity index (χ4v) is 6.99. The zero-order valence-electron chi connectivity index (χ0n) is 18.6. The van der Waals surface area contributed by atoms with Crippen molar-refractivity contribution >= 4 is 12.9 Å². The van der Waals surface area contributed by atoms with Crippen molar-refractivity contribution in [2.75, 3.05) is 0 Å². The van der Waals surface area contributed by atoms with E-state index in [1.807, 2.05) is 44.2 Å². The lowest BCUT2D eigenvalue weighted by Crippen LogP contribution is -2.35. The van der Waals surface area contributed by atoms with Crippen LogP contribution in [0.2, 0.25) is 0 Å². The average molecular weight is 415 g/mol. The van der Waals surface area contributed by atoms with Crippen LogP contribution in [-0.2, 0) is 9.09 Å². The first-order valence-corrected chi connectivity index (χ1v) is 12.4. The van der Waals surface area contributed by atoms with Gasteiger partial charge in [0.05, 0.1) is 11.4 Å². The first-order valence-electron chi connectivity index (χ1n) is 10.8. The van der Waals surface area contributed by atoms with E-state index in [1.165, 1.54) is 6.42 Å². The average Bonchev–Trinajstić information content (AvgIpc) is 2.61. The van der Waals surface area contributed by atoms with E-state index in [0.29, 0.717) is 28.8 Å². The van der Waals surface area contributed by atoms with E-state index in [9.17, 15) is 4.57 Å². The molecule has 1 aliphatic carbocycles. The number of benzene rings is 2. The lowest BCUT2D eigenvalue weighted by atomic mass is 9.75. The first kappa shape index (κ1) is 22.1. The molecule has 3 nitrogen and oxygen atoms in total. The van der Waals surface area contributed by atoms with Crippen LogP contribution in [0.3, 0.4) is 0 Å². The van der Waals surface area contributed by atoms with Gasteiger partial charge in [-0.3, -0.25) is 4.52 Å². The lowest BCUT2D eigenvalue weighted by molar-refractivity contribution is 0.0414. The molecule has 0 heterocycles. The third-order valence-electron chi connectivity index (χ3n) is 6.11. The molecule has 0 saturated heterocycles. The van der Waals surface area contributed by atoms with Crippen LogP contribution in [0.4, 0.5) is 0 Å². The SMILES string of the molecule is Cc1cc(C)c(P(=O)(Oc2ccccc2)O[C@@H]2C[C@H](C)CC[C@H]2C(C)C)c(C)c1. The van der Waals surface area contributed by atoms with Crippen molar-refractivity contribution in [3.63, 3.8) is 0 Å². The number of rotatable bonds is 6. The van der Waals surface area contributed by atoms with Crippen molar-refractivity contribution < 1.29 is 13.6 Å². The Kier molecular flexibility index (Phi) is 6.91. The molecular formula is C25H35O3P. The van der Waals surface area contributed by atoms with Crippen LogP contribution in [0, 0.1) is 38.5 Å². The third kappa shape index (κ3) is 5.13. The highest BCUT2D eigenvalue weighted by atomic mass is 31.2. The molecule has 3 rings (SSSR count). The predicted molar refractivity (Wildman–Crippen MR) is 121 cm³/mol. The zero-order valence-corrected chi connectivity index (χ0v) is 19.5. The topological polar surface area (TPSA) is 35.5 Å². The molecule has 0 spiro atoms. The molecule has 158 valence electrons. The summed E-state index contributed by atoms with van der Waals surface area (Å²) < 4.78 is 27.2. The van der Waals surface area contributed by atoms with Crippen LogP contribution in [0.1, 0.15) is 56.7 Å². The highest BCUT2D eigenvalue weighted by Gasteiger charge is 2.41. The molecule has 4 atom stereocenters. The van der Waals surface area contributed by atoms with E-state index >= 15 is 0 Å². The molecule has 0 radical (unpaired) electrons. The summed E-state index contributed by atoms with van der Waals surface area (Å²) in [5.74, 6) is 2.03. The van der Waals surface area contributed by atoms with E-state index < -0.39 is 7.60 Å². The van der Waals surface area contributed by atoms with Gasteiger partial charge < -0.3 is 4.52 Å². The summed E-state index contributed by atoms with van der Waals surface area (Å²) in [4.78, 5) is 0. The van der Waals surface area contributed by atoms with Crippen molar-refractivity contribution in [1.82, 2.24) is 0 Å². The minimum absolute atomic E-state index is 0.0617. The van der Waals surface area contributed by atoms with E-state index in [1.54, 1.807) is 0 Å². The minimum atomic E-state index is -3.56. The molecule has 0 amide bonds. The van der Waals surface area contributed by atoms with Crippen molar-refractivity contribution in [2.24, 2.45) is 17.8 Å². The van der Waals surface area contributed by atoms with E-state index in [2.05, 4.69) is 39.8 Å². The van der Waals surface area contributed by atoms with Crippen LogP contribution >= 0.6 is 7.60 Å². The van der Waals surface area contributed by atoms with Crippen LogP contribution in [0.15, 0.2) is 42.5 Å². The summed E-state index contributed by atoms with van der Waals surface area (Å²) in [5.41, 5.74) is 3.08. The van der Waals surface area contributed by atoms with Gasteiger partial charge in [0, 0.05) is 0 Å². The maximum absolute atomic E-state index is 14.4. The highest BCUT2D eigenvalue weighted by Crippen LogP contribution is 2.53. The predicted octanol–water partition coefficient (Wildman–Crippen LogP) is 6.99. The molecule has 2 aromatic carbocycles. The van der Waals surface area contributed by atoms with E-state index in [4.69, 9.17) is 9.05 Å². The number of aryl methyl sites for hydroxylation is 3. The second kappa shape index (κ2) is 9.06. The monoisotopic (exact) mass is 414 g/mol. The molecular weight excluding hydrogens is 379 g/mol. The molecule has 29 heavy (non-hydrogen) atoms. The van der Waals surface area contributed by atoms with Gasteiger partial charge in [-0.25, -0.2) is 4.57 Å². The lowest BCUT2D eigenvalue weighted by Gasteiger charge is -2.38. The van der Waals surface area contributed by atoms with Gasteiger partial charge in [0.2, 0.25) is 0 Å². The standard InChI is InChI=1S/C25H35O3P/c1-17(2)23-13-12-18(3)16-24(23)28-29(26,27-22-10-8-7-9-11-22)25-20(5)14-19(4)15-21(25)6/h7-11,14-15,17-18,23-24H,12-13,16H2,1-6H3/t18-,23+,24-,29?/m1/s1. The zero-order chi connectivity index (χ0) is 21.2. The molecule has 4 heteroatoms. The third-order valence-corrected chi connectivity index (χ3v) is 8.37. The molecule has 1 unspecified atom stereocenters. The van der Waals surface area contributed by atoms with Gasteiger partial charge in [0.1, 0.15) is 5.75 Å². The molecule has 0 aromatic heterocycles. The largest absolute Gasteiger partial charge is 0.421 e. The Morgan fingerprint density at radius 2 is 1.62 bits per heavy atom. The van der Waals surface area contributed by atoms with Gasteiger partial charge >= 0.3 is 7.60 Å². The van der Waals surface area contributed by atoms with Crippen molar-refractivity contribution in [2.45, 2.75) is 66.9 Å². The summed E-state index contributed by atoms with van der Waals surface area (Å²) >= 11 is 0. The van der Waals surface area contributed by atoms with Crippen LogP contribution in [0.25, 0.3) is 0 Å². The quantitative estimate of drug-likeness (QED) is 0.478. The van der Waals surface area contributed by atoms with Crippen molar-refractivity contribution in [1.29, 1.82) is 0 Å². The molecule has 0 bridgehead atoms. The number of para-hydroxylation sites is 1. The van der Waals surface area contributed by atoms with Gasteiger partial charge in [0.15, 0.2) is 0 Å². The summed E-state index contributed by atoms with van der Waals surface area (Å²) in [5, 5.41) is 0.715.